The van der Waals surface area contributed by atoms with E-state index in [1.807, 2.05) is 25.1 Å². The molecule has 0 saturated carbocycles. The lowest BCUT2D eigenvalue weighted by Crippen LogP contribution is -2.47. The number of benzene rings is 2. The van der Waals surface area contributed by atoms with Gasteiger partial charge in [-0.25, -0.2) is 0 Å². The molecule has 2 aromatic rings. The first-order valence-corrected chi connectivity index (χ1v) is 9.18. The SMILES string of the molecule is CCc1cccc(C)c1NC(=S)NNC(=O)CNC(=O)c1ccccc1Cl. The van der Waals surface area contributed by atoms with E-state index in [-0.39, 0.29) is 11.7 Å². The number of carbonyl (C=O) groups is 2. The Hall–Kier alpha value is -2.64. The van der Waals surface area contributed by atoms with Crippen LogP contribution >= 0.6 is 23.8 Å². The summed E-state index contributed by atoms with van der Waals surface area (Å²) >= 11 is 11.2. The van der Waals surface area contributed by atoms with Gasteiger partial charge < -0.3 is 10.6 Å². The van der Waals surface area contributed by atoms with E-state index >= 15 is 0 Å². The molecule has 142 valence electrons. The molecule has 6 nitrogen and oxygen atoms in total. The van der Waals surface area contributed by atoms with Crippen LogP contribution in [-0.2, 0) is 11.2 Å². The Morgan fingerprint density at radius 3 is 2.52 bits per heavy atom. The van der Waals surface area contributed by atoms with E-state index in [4.69, 9.17) is 23.8 Å². The van der Waals surface area contributed by atoms with Gasteiger partial charge in [0.1, 0.15) is 0 Å². The van der Waals surface area contributed by atoms with Crippen molar-refractivity contribution in [1.82, 2.24) is 16.2 Å². The van der Waals surface area contributed by atoms with Crippen molar-refractivity contribution in [2.75, 3.05) is 11.9 Å². The third kappa shape index (κ3) is 5.94. The van der Waals surface area contributed by atoms with Crippen molar-refractivity contribution in [3.63, 3.8) is 0 Å². The Morgan fingerprint density at radius 1 is 1.07 bits per heavy atom. The van der Waals surface area contributed by atoms with Gasteiger partial charge in [0.05, 0.1) is 17.1 Å². The highest BCUT2D eigenvalue weighted by Crippen LogP contribution is 2.20. The van der Waals surface area contributed by atoms with Crippen molar-refractivity contribution in [2.24, 2.45) is 0 Å². The van der Waals surface area contributed by atoms with Crippen LogP contribution in [0, 0.1) is 6.92 Å². The molecule has 0 atom stereocenters. The topological polar surface area (TPSA) is 82.3 Å². The summed E-state index contributed by atoms with van der Waals surface area (Å²) in [5.41, 5.74) is 8.47. The number of aryl methyl sites for hydroxylation is 2. The van der Waals surface area contributed by atoms with Gasteiger partial charge in [0, 0.05) is 5.69 Å². The van der Waals surface area contributed by atoms with Crippen molar-refractivity contribution >= 4 is 46.4 Å². The minimum absolute atomic E-state index is 0.218. The van der Waals surface area contributed by atoms with Crippen LogP contribution in [0.5, 0.6) is 0 Å². The van der Waals surface area contributed by atoms with Crippen LogP contribution in [-0.4, -0.2) is 23.5 Å². The number of hydrazine groups is 1. The lowest BCUT2D eigenvalue weighted by molar-refractivity contribution is -0.120. The zero-order valence-corrected chi connectivity index (χ0v) is 16.6. The summed E-state index contributed by atoms with van der Waals surface area (Å²) in [6.45, 7) is 3.82. The smallest absolute Gasteiger partial charge is 0.257 e. The van der Waals surface area contributed by atoms with Gasteiger partial charge in [-0.3, -0.25) is 20.4 Å². The standard InChI is InChI=1S/C19H21ClN4O2S/c1-3-13-8-6-7-12(2)17(13)22-19(27)24-23-16(25)11-21-18(26)14-9-4-5-10-15(14)20/h4-10H,3,11H2,1-2H3,(H,21,26)(H,23,25)(H2,22,24,27). The van der Waals surface area contributed by atoms with E-state index in [0.717, 1.165) is 23.2 Å². The highest BCUT2D eigenvalue weighted by Gasteiger charge is 2.11. The molecule has 0 bridgehead atoms. The number of thiocarbonyl (C=S) groups is 1. The molecule has 2 aromatic carbocycles. The van der Waals surface area contributed by atoms with Crippen molar-refractivity contribution in [2.45, 2.75) is 20.3 Å². The first kappa shape index (κ1) is 20.7. The molecule has 4 N–H and O–H groups in total. The van der Waals surface area contributed by atoms with Gasteiger partial charge in [-0.15, -0.1) is 0 Å². The third-order valence-corrected chi connectivity index (χ3v) is 4.36. The first-order valence-electron chi connectivity index (χ1n) is 8.39. The number of carbonyl (C=O) groups excluding carboxylic acids is 2. The molecule has 0 unspecified atom stereocenters. The number of hydrogen-bond acceptors (Lipinski definition) is 3. The van der Waals surface area contributed by atoms with E-state index in [1.54, 1.807) is 24.3 Å². The Kier molecular flexibility index (Phi) is 7.57. The number of para-hydroxylation sites is 1. The maximum absolute atomic E-state index is 12.0. The average Bonchev–Trinajstić information content (AvgIpc) is 2.66. The summed E-state index contributed by atoms with van der Waals surface area (Å²) in [6, 6.07) is 12.6. The van der Waals surface area contributed by atoms with Gasteiger partial charge in [0.25, 0.3) is 11.8 Å². The summed E-state index contributed by atoms with van der Waals surface area (Å²) in [5.74, 6) is -0.871. The molecule has 0 radical (unpaired) electrons. The molecule has 0 heterocycles. The molecule has 0 saturated heterocycles. The number of hydrogen-bond donors (Lipinski definition) is 4. The van der Waals surface area contributed by atoms with Crippen molar-refractivity contribution in [3.05, 3.63) is 64.2 Å². The Labute approximate surface area is 168 Å². The summed E-state index contributed by atoms with van der Waals surface area (Å²) in [7, 11) is 0. The monoisotopic (exact) mass is 404 g/mol. The van der Waals surface area contributed by atoms with Crippen molar-refractivity contribution in [1.29, 1.82) is 0 Å². The van der Waals surface area contributed by atoms with Gasteiger partial charge in [-0.05, 0) is 48.8 Å². The second-order valence-corrected chi connectivity index (χ2v) is 6.57. The summed E-state index contributed by atoms with van der Waals surface area (Å²) in [4.78, 5) is 23.9. The molecule has 8 heteroatoms. The highest BCUT2D eigenvalue weighted by atomic mass is 35.5. The Morgan fingerprint density at radius 2 is 1.81 bits per heavy atom. The highest BCUT2D eigenvalue weighted by molar-refractivity contribution is 7.80. The second-order valence-electron chi connectivity index (χ2n) is 5.75. The summed E-state index contributed by atoms with van der Waals surface area (Å²) in [6.07, 6.45) is 0.854. The first-order chi connectivity index (χ1) is 12.9. The number of rotatable bonds is 5. The Balaban J connectivity index is 1.81. The number of nitrogens with one attached hydrogen (secondary N) is 4. The number of amides is 2. The van der Waals surface area contributed by atoms with Crippen LogP contribution in [0.25, 0.3) is 0 Å². The molecular formula is C19H21ClN4O2S. The largest absolute Gasteiger partial charge is 0.343 e. The van der Waals surface area contributed by atoms with Crippen LogP contribution in [0.15, 0.2) is 42.5 Å². The van der Waals surface area contributed by atoms with E-state index in [9.17, 15) is 9.59 Å². The van der Waals surface area contributed by atoms with Crippen molar-refractivity contribution in [3.8, 4) is 0 Å². The molecule has 0 aliphatic rings. The molecule has 0 aliphatic carbocycles. The van der Waals surface area contributed by atoms with Gasteiger partial charge in [0.15, 0.2) is 5.11 Å². The summed E-state index contributed by atoms with van der Waals surface area (Å²) < 4.78 is 0. The zero-order chi connectivity index (χ0) is 19.8. The molecular weight excluding hydrogens is 384 g/mol. The van der Waals surface area contributed by atoms with Crippen molar-refractivity contribution < 1.29 is 9.59 Å². The predicted octanol–water partition coefficient (Wildman–Crippen LogP) is 2.96. The Bertz CT molecular complexity index is 857. The van der Waals surface area contributed by atoms with Crippen LogP contribution in [0.2, 0.25) is 5.02 Å². The van der Waals surface area contributed by atoms with Crippen LogP contribution < -0.4 is 21.5 Å². The minimum Gasteiger partial charge on any atom is -0.343 e. The normalized spacial score (nSPS) is 10.0. The van der Waals surface area contributed by atoms with Gasteiger partial charge >= 0.3 is 0 Å². The zero-order valence-electron chi connectivity index (χ0n) is 15.1. The average molecular weight is 405 g/mol. The van der Waals surface area contributed by atoms with Crippen LogP contribution in [0.4, 0.5) is 5.69 Å². The van der Waals surface area contributed by atoms with Gasteiger partial charge in [-0.2, -0.15) is 0 Å². The molecule has 0 aromatic heterocycles. The molecule has 2 rings (SSSR count). The quantitative estimate of drug-likeness (QED) is 0.455. The van der Waals surface area contributed by atoms with Crippen LogP contribution in [0.1, 0.15) is 28.4 Å². The number of anilines is 1. The predicted molar refractivity (Wildman–Crippen MR) is 112 cm³/mol. The fourth-order valence-electron chi connectivity index (χ4n) is 2.42. The molecule has 27 heavy (non-hydrogen) atoms. The maximum atomic E-state index is 12.0. The number of halogens is 1. The maximum Gasteiger partial charge on any atom is 0.257 e. The van der Waals surface area contributed by atoms with E-state index in [1.165, 1.54) is 0 Å². The van der Waals surface area contributed by atoms with E-state index in [0.29, 0.717) is 10.6 Å². The fourth-order valence-corrected chi connectivity index (χ4v) is 2.79. The van der Waals surface area contributed by atoms with Crippen LogP contribution in [0.3, 0.4) is 0 Å². The molecule has 0 aliphatic heterocycles. The third-order valence-electron chi connectivity index (χ3n) is 3.82. The molecule has 2 amide bonds. The lowest BCUT2D eigenvalue weighted by Gasteiger charge is -2.16. The van der Waals surface area contributed by atoms with E-state index < -0.39 is 11.8 Å². The second kappa shape index (κ2) is 9.89. The molecule has 0 spiro atoms. The molecule has 0 fully saturated rings. The minimum atomic E-state index is -0.444. The summed E-state index contributed by atoms with van der Waals surface area (Å²) in [5, 5.41) is 6.16. The fraction of sp³-hybridized carbons (Fsp3) is 0.211. The van der Waals surface area contributed by atoms with Gasteiger partial charge in [0.2, 0.25) is 0 Å². The lowest BCUT2D eigenvalue weighted by atomic mass is 10.1. The van der Waals surface area contributed by atoms with E-state index in [2.05, 4.69) is 28.4 Å². The van der Waals surface area contributed by atoms with Gasteiger partial charge in [-0.1, -0.05) is 48.9 Å².